The number of nitrogens with zero attached hydrogens (tertiary/aromatic N) is 3. The van der Waals surface area contributed by atoms with Gasteiger partial charge in [0, 0.05) is 0 Å². The van der Waals surface area contributed by atoms with Crippen LogP contribution in [-0.4, -0.2) is 15.0 Å². The second-order valence-electron chi connectivity index (χ2n) is 6.00. The molecule has 5 nitrogen and oxygen atoms in total. The van der Waals surface area contributed by atoms with Crippen LogP contribution >= 0.6 is 0 Å². The molecule has 3 N–H and O–H groups in total. The summed E-state index contributed by atoms with van der Waals surface area (Å²) in [5.41, 5.74) is 9.45. The highest BCUT2D eigenvalue weighted by molar-refractivity contribution is 5.44. The Bertz CT molecular complexity index is 701. The number of nitrogens with one attached hydrogen (secondary N) is 1. The third-order valence-corrected chi connectivity index (χ3v) is 4.06. The number of anilines is 2. The van der Waals surface area contributed by atoms with Crippen molar-refractivity contribution in [3.05, 3.63) is 40.7 Å². The molecule has 0 saturated heterocycles. The van der Waals surface area contributed by atoms with E-state index in [0.717, 1.165) is 6.42 Å². The second-order valence-corrected chi connectivity index (χ2v) is 6.00. The topological polar surface area (TPSA) is 76.7 Å². The lowest BCUT2D eigenvalue weighted by Crippen LogP contribution is -2.18. The van der Waals surface area contributed by atoms with Crippen LogP contribution in [0.4, 0.5) is 16.3 Å². The summed E-state index contributed by atoms with van der Waals surface area (Å²) >= 11 is 0. The van der Waals surface area contributed by atoms with Crippen molar-refractivity contribution in [2.75, 3.05) is 11.1 Å². The van der Waals surface area contributed by atoms with E-state index in [1.807, 2.05) is 0 Å². The molecule has 0 aliphatic heterocycles. The highest BCUT2D eigenvalue weighted by Crippen LogP contribution is 2.38. The number of fused-ring (bicyclic) bond motifs is 1. The first-order valence-electron chi connectivity index (χ1n) is 7.45. The molecule has 0 unspecified atom stereocenters. The third-order valence-electron chi connectivity index (χ3n) is 4.06. The van der Waals surface area contributed by atoms with Gasteiger partial charge in [0.2, 0.25) is 11.9 Å². The Kier molecular flexibility index (Phi) is 4.82. The lowest BCUT2D eigenvalue weighted by molar-refractivity contribution is 0.356. The normalized spacial score (nSPS) is 20.5. The van der Waals surface area contributed by atoms with E-state index < -0.39 is 6.17 Å². The van der Waals surface area contributed by atoms with Crippen LogP contribution in [0.2, 0.25) is 0 Å². The van der Waals surface area contributed by atoms with Crippen molar-refractivity contribution < 1.29 is 4.39 Å². The first-order valence-corrected chi connectivity index (χ1v) is 7.45. The van der Waals surface area contributed by atoms with E-state index in [-0.39, 0.29) is 25.2 Å². The number of aryl methyl sites for hydroxylation is 1. The summed E-state index contributed by atoms with van der Waals surface area (Å²) in [7, 11) is 0. The Hall–Kier alpha value is -2.24. The molecular weight excluding hydrogens is 293 g/mol. The predicted molar refractivity (Wildman–Crippen MR) is 90.9 cm³/mol. The van der Waals surface area contributed by atoms with E-state index >= 15 is 0 Å². The summed E-state index contributed by atoms with van der Waals surface area (Å²) < 4.78 is 13.4. The van der Waals surface area contributed by atoms with Crippen molar-refractivity contribution in [2.45, 2.75) is 46.8 Å². The van der Waals surface area contributed by atoms with Crippen molar-refractivity contribution in [1.82, 2.24) is 15.0 Å². The van der Waals surface area contributed by atoms with Crippen molar-refractivity contribution in [3.63, 3.8) is 0 Å². The largest absolute Gasteiger partial charge is 0.368 e. The van der Waals surface area contributed by atoms with Gasteiger partial charge in [-0.05, 0) is 37.3 Å². The van der Waals surface area contributed by atoms with E-state index in [4.69, 9.17) is 5.73 Å². The van der Waals surface area contributed by atoms with Gasteiger partial charge in [-0.1, -0.05) is 38.1 Å². The Morgan fingerprint density at radius 2 is 2.04 bits per heavy atom. The first kappa shape index (κ1) is 17.1. The first-order chi connectivity index (χ1) is 10.4. The molecular formula is C17H24FN5. The van der Waals surface area contributed by atoms with Gasteiger partial charge in [-0.15, -0.1) is 0 Å². The van der Waals surface area contributed by atoms with E-state index in [1.165, 1.54) is 23.6 Å². The Morgan fingerprint density at radius 3 is 2.74 bits per heavy atom. The van der Waals surface area contributed by atoms with Gasteiger partial charge < -0.3 is 11.1 Å². The number of hydrogen-bond acceptors (Lipinski definition) is 5. The van der Waals surface area contributed by atoms with Gasteiger partial charge in [0.25, 0.3) is 0 Å². The summed E-state index contributed by atoms with van der Waals surface area (Å²) in [5, 5.41) is 3.30. The van der Waals surface area contributed by atoms with Crippen LogP contribution in [0.3, 0.4) is 0 Å². The molecule has 0 bridgehead atoms. The van der Waals surface area contributed by atoms with Crippen LogP contribution < -0.4 is 11.1 Å². The highest BCUT2D eigenvalue weighted by atomic mass is 19.1. The summed E-state index contributed by atoms with van der Waals surface area (Å²) in [6.45, 7) is 5.63. The number of nitrogens with two attached hydrogens (primary N) is 1. The van der Waals surface area contributed by atoms with Crippen LogP contribution in [0.1, 0.15) is 56.0 Å². The van der Waals surface area contributed by atoms with Crippen molar-refractivity contribution in [3.8, 4) is 0 Å². The maximum Gasteiger partial charge on any atom is 0.228 e. The molecule has 0 spiro atoms. The lowest BCUT2D eigenvalue weighted by Gasteiger charge is -2.19. The number of nitrogen functional groups attached to an aromatic ring is 1. The Balaban J connectivity index is 0.00000192. The number of aromatic nitrogens is 3. The fraction of sp³-hybridized carbons (Fsp3) is 0.471. The monoisotopic (exact) mass is 317 g/mol. The number of benzene rings is 1. The average Bonchev–Trinajstić information content (AvgIpc) is 2.74. The molecule has 23 heavy (non-hydrogen) atoms. The van der Waals surface area contributed by atoms with Crippen LogP contribution in [0.25, 0.3) is 0 Å². The average molecular weight is 317 g/mol. The number of rotatable bonds is 3. The minimum atomic E-state index is -1.28. The van der Waals surface area contributed by atoms with Crippen LogP contribution in [0, 0.1) is 12.8 Å². The molecule has 0 fully saturated rings. The fourth-order valence-corrected chi connectivity index (χ4v) is 2.97. The van der Waals surface area contributed by atoms with E-state index in [1.54, 1.807) is 0 Å². The molecule has 1 aliphatic carbocycles. The minimum absolute atomic E-state index is 0. The zero-order valence-electron chi connectivity index (χ0n) is 13.0. The van der Waals surface area contributed by atoms with E-state index in [0.29, 0.717) is 11.9 Å². The summed E-state index contributed by atoms with van der Waals surface area (Å²) in [4.78, 5) is 12.1. The minimum Gasteiger partial charge on any atom is -0.368 e. The van der Waals surface area contributed by atoms with Gasteiger partial charge in [-0.25, -0.2) is 4.39 Å². The van der Waals surface area contributed by atoms with Crippen LogP contribution in [0.5, 0.6) is 0 Å². The quantitative estimate of drug-likeness (QED) is 0.901. The molecule has 2 aromatic rings. The summed E-state index contributed by atoms with van der Waals surface area (Å²) in [6.07, 6.45) is -0.276. The fourth-order valence-electron chi connectivity index (χ4n) is 2.97. The maximum absolute atomic E-state index is 13.4. The second kappa shape index (κ2) is 6.48. The molecule has 0 radical (unpaired) electrons. The maximum atomic E-state index is 13.4. The molecule has 1 aromatic heterocycles. The molecule has 124 valence electrons. The molecule has 1 heterocycles. The number of halogens is 1. The Labute approximate surface area is 136 Å². The van der Waals surface area contributed by atoms with Gasteiger partial charge >= 0.3 is 0 Å². The predicted octanol–water partition coefficient (Wildman–Crippen LogP) is 3.77. The van der Waals surface area contributed by atoms with Crippen LogP contribution in [-0.2, 0) is 6.42 Å². The lowest BCUT2D eigenvalue weighted by atomic mass is 10.0. The van der Waals surface area contributed by atoms with Gasteiger partial charge in [0.15, 0.2) is 12.0 Å². The number of hydrogen-bond donors (Lipinski definition) is 2. The molecule has 3 rings (SSSR count). The molecule has 6 heteroatoms. The van der Waals surface area contributed by atoms with Gasteiger partial charge in [0.1, 0.15) is 0 Å². The van der Waals surface area contributed by atoms with E-state index in [2.05, 4.69) is 52.3 Å². The van der Waals surface area contributed by atoms with Gasteiger partial charge in [0.05, 0.1) is 6.04 Å². The summed E-state index contributed by atoms with van der Waals surface area (Å²) in [6, 6.07) is 6.57. The zero-order valence-corrected chi connectivity index (χ0v) is 13.0. The smallest absolute Gasteiger partial charge is 0.228 e. The molecule has 0 saturated carbocycles. The molecule has 1 aromatic carbocycles. The van der Waals surface area contributed by atoms with Crippen molar-refractivity contribution in [1.29, 1.82) is 0 Å². The van der Waals surface area contributed by atoms with Crippen LogP contribution in [0.15, 0.2) is 18.2 Å². The molecule has 0 amide bonds. The molecule has 1 aliphatic rings. The van der Waals surface area contributed by atoms with Gasteiger partial charge in [-0.3, -0.25) is 0 Å². The highest BCUT2D eigenvalue weighted by Gasteiger charge is 2.30. The summed E-state index contributed by atoms with van der Waals surface area (Å²) in [5.74, 6) is 0.830. The Morgan fingerprint density at radius 1 is 1.30 bits per heavy atom. The molecule has 3 atom stereocenters. The van der Waals surface area contributed by atoms with Crippen molar-refractivity contribution >= 4 is 11.9 Å². The standard InChI is InChI=1S/C16H20FN5.CH4/c1-8-4-5-11-7-9(2)13(12(11)6-8)19-16-21-14(10(3)17)20-15(18)22-16;/h4-6,9-10,13H,7H2,1-3H3,(H3,18,19,20,21,22);1H4/t9-,10+,13-;/m1./s1. The number of alkyl halides is 1. The van der Waals surface area contributed by atoms with Crippen molar-refractivity contribution in [2.24, 2.45) is 5.92 Å². The SMILES string of the molecule is C.Cc1ccc2c(c1)[C@H](Nc1nc(N)nc([C@H](C)F)n1)[C@H](C)C2. The zero-order chi connectivity index (χ0) is 15.9. The third kappa shape index (κ3) is 3.41. The van der Waals surface area contributed by atoms with E-state index in [9.17, 15) is 4.39 Å². The van der Waals surface area contributed by atoms with Gasteiger partial charge in [-0.2, -0.15) is 15.0 Å².